The second-order valence-corrected chi connectivity index (χ2v) is 11.5. The van der Waals surface area contributed by atoms with Gasteiger partial charge < -0.3 is 15.1 Å². The van der Waals surface area contributed by atoms with E-state index in [4.69, 9.17) is 0 Å². The van der Waals surface area contributed by atoms with Crippen molar-refractivity contribution in [2.75, 3.05) is 11.5 Å². The number of aromatic nitrogens is 3. The maximum Gasteiger partial charge on any atom is 0.269 e. The van der Waals surface area contributed by atoms with Crippen molar-refractivity contribution in [2.24, 2.45) is 5.92 Å². The van der Waals surface area contributed by atoms with E-state index >= 15 is 0 Å². The highest BCUT2D eigenvalue weighted by Crippen LogP contribution is 2.47. The smallest absolute Gasteiger partial charge is 0.269 e. The fourth-order valence-electron chi connectivity index (χ4n) is 5.31. The van der Waals surface area contributed by atoms with Crippen LogP contribution in [0.2, 0.25) is 0 Å². The molecule has 0 fully saturated rings. The van der Waals surface area contributed by atoms with Crippen molar-refractivity contribution in [3.8, 4) is 0 Å². The van der Waals surface area contributed by atoms with E-state index in [9.17, 15) is 25.1 Å². The average molecular weight is 680 g/mol. The predicted octanol–water partition coefficient (Wildman–Crippen LogP) is 4.93. The number of amides is 1. The van der Waals surface area contributed by atoms with Crippen LogP contribution in [0.4, 0.5) is 11.4 Å². The number of nitro benzene ring substituents is 1. The van der Waals surface area contributed by atoms with E-state index in [1.807, 2.05) is 60.7 Å². The molecule has 42 heavy (non-hydrogen) atoms. The molecule has 0 aliphatic carbocycles. The zero-order valence-corrected chi connectivity index (χ0v) is 25.0. The van der Waals surface area contributed by atoms with Gasteiger partial charge in [-0.15, -0.1) is 5.10 Å². The third-order valence-electron chi connectivity index (χ3n) is 7.60. The minimum absolute atomic E-state index is 0.0904. The molecule has 3 atom stereocenters. The molecule has 1 aliphatic heterocycles. The summed E-state index contributed by atoms with van der Waals surface area (Å²) in [5, 5.41) is 41.8. The average Bonchev–Trinajstić information content (AvgIpc) is 3.53. The van der Waals surface area contributed by atoms with E-state index < -0.39 is 22.3 Å². The van der Waals surface area contributed by atoms with Crippen molar-refractivity contribution in [3.05, 3.63) is 127 Å². The van der Waals surface area contributed by atoms with Crippen molar-refractivity contribution < 1.29 is 19.9 Å². The summed E-state index contributed by atoms with van der Waals surface area (Å²) in [7, 11) is 0. The van der Waals surface area contributed by atoms with E-state index in [-0.39, 0.29) is 30.3 Å². The normalized spacial score (nSPS) is 17.9. The van der Waals surface area contributed by atoms with Crippen LogP contribution in [0, 0.1) is 19.6 Å². The molecule has 216 valence electrons. The minimum Gasteiger partial charge on any atom is -0.395 e. The number of fused-ring (bicyclic) bond motifs is 1. The van der Waals surface area contributed by atoms with Crippen LogP contribution in [0.5, 0.6) is 0 Å². The molecule has 4 aromatic rings. The Kier molecular flexibility index (Phi) is 8.80. The molecule has 3 aromatic carbocycles. The van der Waals surface area contributed by atoms with Crippen molar-refractivity contribution in [1.29, 1.82) is 0 Å². The largest absolute Gasteiger partial charge is 0.395 e. The Morgan fingerprint density at radius 3 is 2.62 bits per heavy atom. The molecule has 2 N–H and O–H groups in total. The summed E-state index contributed by atoms with van der Waals surface area (Å²) in [5.74, 6) is -1.47. The Balaban J connectivity index is 1.33. The van der Waals surface area contributed by atoms with Gasteiger partial charge in [0.25, 0.3) is 11.6 Å². The number of nitrogens with zero attached hydrogens (tertiary/aromatic N) is 5. The summed E-state index contributed by atoms with van der Waals surface area (Å²) in [6.07, 6.45) is 5.96. The van der Waals surface area contributed by atoms with E-state index in [0.717, 1.165) is 14.7 Å². The topological polar surface area (TPSA) is 135 Å². The number of carbonyl (C=O) groups excluding carboxylic acids is 1. The maximum atomic E-state index is 13.8. The first-order valence-electron chi connectivity index (χ1n) is 13.5. The lowest BCUT2D eigenvalue weighted by atomic mass is 9.82. The van der Waals surface area contributed by atoms with Crippen LogP contribution in [-0.4, -0.2) is 42.6 Å². The zero-order chi connectivity index (χ0) is 29.9. The van der Waals surface area contributed by atoms with E-state index in [1.165, 1.54) is 23.1 Å². The highest BCUT2D eigenvalue weighted by Gasteiger charge is 2.53. The van der Waals surface area contributed by atoms with Crippen LogP contribution in [0.3, 0.4) is 0 Å². The summed E-state index contributed by atoms with van der Waals surface area (Å²) in [6.45, 7) is 2.36. The summed E-state index contributed by atoms with van der Waals surface area (Å²) >= 11 is 2.20. The predicted molar refractivity (Wildman–Crippen MR) is 166 cm³/mol. The lowest BCUT2D eigenvalue weighted by Gasteiger charge is -2.27. The summed E-state index contributed by atoms with van der Waals surface area (Å²) in [5.41, 5.74) is 1.02. The van der Waals surface area contributed by atoms with Crippen molar-refractivity contribution in [1.82, 2.24) is 15.0 Å². The lowest BCUT2D eigenvalue weighted by molar-refractivity contribution is -0.385. The number of hydrogen-bond donors (Lipinski definition) is 2. The number of hydrogen-bond acceptors (Lipinski definition) is 7. The highest BCUT2D eigenvalue weighted by atomic mass is 127. The van der Waals surface area contributed by atoms with Gasteiger partial charge in [0.15, 0.2) is 5.60 Å². The maximum absolute atomic E-state index is 13.8. The highest BCUT2D eigenvalue weighted by molar-refractivity contribution is 14.1. The number of anilines is 1. The van der Waals surface area contributed by atoms with E-state index in [2.05, 4.69) is 32.9 Å². The Hall–Kier alpha value is -3.94. The Morgan fingerprint density at radius 1 is 1.12 bits per heavy atom. The van der Waals surface area contributed by atoms with Crippen LogP contribution in [0.15, 0.2) is 91.1 Å². The molecule has 11 heteroatoms. The molecule has 1 aliphatic rings. The minimum atomic E-state index is -1.97. The van der Waals surface area contributed by atoms with Gasteiger partial charge in [-0.05, 0) is 58.3 Å². The molecular formula is C31H30IN5O5. The fraction of sp³-hybridized carbons (Fsp3) is 0.258. The molecule has 1 amide bonds. The number of halogens is 1. The lowest BCUT2D eigenvalue weighted by Crippen LogP contribution is -2.44. The number of benzene rings is 3. The van der Waals surface area contributed by atoms with Crippen molar-refractivity contribution in [3.63, 3.8) is 0 Å². The van der Waals surface area contributed by atoms with Gasteiger partial charge in [0.1, 0.15) is 0 Å². The summed E-state index contributed by atoms with van der Waals surface area (Å²) in [6, 6.07) is 21.5. The second kappa shape index (κ2) is 12.5. The Labute approximate surface area is 256 Å². The number of rotatable bonds is 11. The molecule has 1 unspecified atom stereocenters. The fourth-order valence-corrected chi connectivity index (χ4v) is 5.91. The summed E-state index contributed by atoms with van der Waals surface area (Å²) < 4.78 is 2.70. The number of aryl methyl sites for hydroxylation is 1. The number of allylic oxidation sites excluding steroid dienone is 1. The molecule has 2 heterocycles. The van der Waals surface area contributed by atoms with Gasteiger partial charge in [-0.25, -0.2) is 0 Å². The van der Waals surface area contributed by atoms with E-state index in [0.29, 0.717) is 24.3 Å². The van der Waals surface area contributed by atoms with Crippen LogP contribution in [-0.2, 0) is 23.5 Å². The van der Waals surface area contributed by atoms with Crippen molar-refractivity contribution >= 4 is 39.9 Å². The van der Waals surface area contributed by atoms with Crippen LogP contribution >= 0.6 is 22.6 Å². The first kappa shape index (κ1) is 29.5. The molecule has 0 spiro atoms. The molecule has 0 saturated heterocycles. The molecule has 0 saturated carbocycles. The first-order chi connectivity index (χ1) is 20.2. The summed E-state index contributed by atoms with van der Waals surface area (Å²) in [4.78, 5) is 26.3. The van der Waals surface area contributed by atoms with Gasteiger partial charge in [-0.3, -0.25) is 19.6 Å². The SMILES string of the molecule is C[C@@H](/C=C/CCn1cc(C(CO)c2ccccc2)nn1)[C@]1(O)C(=O)N(Cc2cccc(I)c2)c2ccc([N+](=O)[O-])cc21. The molecule has 1 aromatic heterocycles. The first-order valence-corrected chi connectivity index (χ1v) is 14.6. The number of non-ortho nitro benzene ring substituents is 1. The Morgan fingerprint density at radius 2 is 1.90 bits per heavy atom. The van der Waals surface area contributed by atoms with Gasteiger partial charge >= 0.3 is 0 Å². The molecule has 0 bridgehead atoms. The van der Waals surface area contributed by atoms with Gasteiger partial charge in [0, 0.05) is 39.9 Å². The van der Waals surface area contributed by atoms with E-state index in [1.54, 1.807) is 23.9 Å². The molecule has 0 radical (unpaired) electrons. The number of aliphatic hydroxyl groups is 2. The third kappa shape index (κ3) is 5.85. The van der Waals surface area contributed by atoms with Crippen LogP contribution in [0.25, 0.3) is 0 Å². The molecular weight excluding hydrogens is 649 g/mol. The van der Waals surface area contributed by atoms with Gasteiger partial charge in [-0.1, -0.05) is 66.8 Å². The number of nitro groups is 1. The van der Waals surface area contributed by atoms with Crippen molar-refractivity contribution in [2.45, 2.75) is 38.0 Å². The van der Waals surface area contributed by atoms with Gasteiger partial charge in [0.2, 0.25) is 0 Å². The quantitative estimate of drug-likeness (QED) is 0.0994. The molecule has 5 rings (SSSR count). The van der Waals surface area contributed by atoms with Gasteiger partial charge in [0.05, 0.1) is 35.4 Å². The molecule has 10 nitrogen and oxygen atoms in total. The number of carbonyl (C=O) groups is 1. The third-order valence-corrected chi connectivity index (χ3v) is 8.27. The Bertz CT molecular complexity index is 1620. The standard InChI is InChI=1S/C31H30IN5O5/c1-21(8-5-6-15-35-19-28(33-34-35)26(20-38)23-10-3-2-4-11-23)31(40)27-17-25(37(41)42)13-14-29(27)36(30(31)39)18-22-9-7-12-24(32)16-22/h2-5,7-14,16-17,19,21,26,38,40H,6,15,18,20H2,1H3/b8-5+/t21-,26?,31+/m0/s1. The zero-order valence-electron chi connectivity index (χ0n) is 22.9. The number of aliphatic hydroxyl groups excluding tert-OH is 1. The van der Waals surface area contributed by atoms with Gasteiger partial charge in [-0.2, -0.15) is 0 Å². The monoisotopic (exact) mass is 679 g/mol. The second-order valence-electron chi connectivity index (χ2n) is 10.3. The van der Waals surface area contributed by atoms with Crippen LogP contribution < -0.4 is 4.90 Å². The van der Waals surface area contributed by atoms with Crippen LogP contribution in [0.1, 0.15) is 41.6 Å².